The maximum Gasteiger partial charge on any atom is 0.344 e. The number of carbonyl (C=O) groups is 3. The first-order valence-electron chi connectivity index (χ1n) is 9.66. The van der Waals surface area contributed by atoms with Crippen molar-refractivity contribution in [2.24, 2.45) is 5.92 Å². The molecule has 4 rings (SSSR count). The number of nitrogens with one attached hydrogen (secondary N) is 2. The van der Waals surface area contributed by atoms with Crippen molar-refractivity contribution in [3.63, 3.8) is 0 Å². The third kappa shape index (κ3) is 3.82. The average molecular weight is 398 g/mol. The highest BCUT2D eigenvalue weighted by atomic mass is 16.5. The molecule has 1 aliphatic carbocycles. The molecule has 1 spiro atoms. The molecule has 2 aromatic heterocycles. The van der Waals surface area contributed by atoms with Crippen molar-refractivity contribution < 1.29 is 18.9 Å². The Morgan fingerprint density at radius 3 is 2.90 bits per heavy atom. The number of hydrogen-bond acceptors (Lipinski definition) is 7. The van der Waals surface area contributed by atoms with Crippen LogP contribution in [-0.4, -0.2) is 43.5 Å². The largest absolute Gasteiger partial charge is 0.344 e. The third-order valence-corrected chi connectivity index (χ3v) is 5.48. The van der Waals surface area contributed by atoms with E-state index in [1.165, 1.54) is 0 Å². The smallest absolute Gasteiger partial charge is 0.339 e. The number of hydrazine groups is 1. The summed E-state index contributed by atoms with van der Waals surface area (Å²) < 4.78 is 5.15. The molecule has 2 N–H and O–H groups in total. The van der Waals surface area contributed by atoms with Crippen LogP contribution in [0.4, 0.5) is 4.79 Å². The fourth-order valence-corrected chi connectivity index (χ4v) is 3.69. The Bertz CT molecular complexity index is 920. The van der Waals surface area contributed by atoms with Crippen LogP contribution in [0.15, 0.2) is 29.0 Å². The Kier molecular flexibility index (Phi) is 4.99. The average Bonchev–Trinajstić information content (AvgIpc) is 3.29. The van der Waals surface area contributed by atoms with Gasteiger partial charge in [0.05, 0.1) is 0 Å². The topological polar surface area (TPSA) is 130 Å². The summed E-state index contributed by atoms with van der Waals surface area (Å²) in [5, 5.41) is 7.43. The maximum absolute atomic E-state index is 12.8. The van der Waals surface area contributed by atoms with Gasteiger partial charge in [-0.25, -0.2) is 4.79 Å². The molecule has 10 nitrogen and oxygen atoms in total. The molecule has 29 heavy (non-hydrogen) atoms. The van der Waals surface area contributed by atoms with Gasteiger partial charge in [-0.2, -0.15) is 9.99 Å². The van der Waals surface area contributed by atoms with E-state index in [0.717, 1.165) is 17.9 Å². The van der Waals surface area contributed by atoms with Gasteiger partial charge < -0.3 is 9.84 Å². The van der Waals surface area contributed by atoms with Crippen LogP contribution in [0, 0.1) is 5.92 Å². The Morgan fingerprint density at radius 2 is 2.17 bits per heavy atom. The number of rotatable bonds is 5. The molecule has 1 saturated carbocycles. The standard InChI is InChI=1S/C19H22N6O4/c1-12-6-8-19(9-7-12)17(27)25(18(28)22-19)23-14(26)4-5-15-21-16(24-29-15)13-3-2-10-20-11-13/h2-3,10-12H,4-9H2,1H3,(H,22,28)(H,23,26). The summed E-state index contributed by atoms with van der Waals surface area (Å²) in [6.07, 6.45) is 6.34. The lowest BCUT2D eigenvalue weighted by atomic mass is 9.77. The van der Waals surface area contributed by atoms with Gasteiger partial charge in [0.25, 0.3) is 5.91 Å². The van der Waals surface area contributed by atoms with Crippen LogP contribution in [0.25, 0.3) is 11.4 Å². The highest BCUT2D eigenvalue weighted by Gasteiger charge is 2.52. The highest BCUT2D eigenvalue weighted by molar-refractivity contribution is 6.08. The molecule has 0 bridgehead atoms. The minimum atomic E-state index is -0.887. The number of hydrogen-bond donors (Lipinski definition) is 2. The fraction of sp³-hybridized carbons (Fsp3) is 0.474. The van der Waals surface area contributed by atoms with E-state index >= 15 is 0 Å². The van der Waals surface area contributed by atoms with E-state index in [2.05, 4.69) is 32.8 Å². The van der Waals surface area contributed by atoms with Crippen molar-refractivity contribution in [2.75, 3.05) is 0 Å². The lowest BCUT2D eigenvalue weighted by Gasteiger charge is -2.33. The number of nitrogens with zero attached hydrogens (tertiary/aromatic N) is 4. The van der Waals surface area contributed by atoms with Gasteiger partial charge in [0.15, 0.2) is 0 Å². The van der Waals surface area contributed by atoms with E-state index in [0.29, 0.717) is 30.1 Å². The summed E-state index contributed by atoms with van der Waals surface area (Å²) in [4.78, 5) is 45.5. The summed E-state index contributed by atoms with van der Waals surface area (Å²) in [6, 6.07) is 2.97. The molecule has 0 aromatic carbocycles. The lowest BCUT2D eigenvalue weighted by Crippen LogP contribution is -2.51. The van der Waals surface area contributed by atoms with Crippen LogP contribution in [0.1, 0.15) is 44.9 Å². The summed E-state index contributed by atoms with van der Waals surface area (Å²) in [6.45, 7) is 2.13. The number of carbonyl (C=O) groups excluding carboxylic acids is 3. The second-order valence-corrected chi connectivity index (χ2v) is 7.62. The van der Waals surface area contributed by atoms with Crippen molar-refractivity contribution in [1.29, 1.82) is 0 Å². The zero-order valence-electron chi connectivity index (χ0n) is 16.1. The van der Waals surface area contributed by atoms with Crippen molar-refractivity contribution in [2.45, 2.75) is 51.0 Å². The molecule has 10 heteroatoms. The Hall–Kier alpha value is -3.30. The van der Waals surface area contributed by atoms with Crippen molar-refractivity contribution in [1.82, 2.24) is 30.9 Å². The van der Waals surface area contributed by atoms with Crippen LogP contribution in [-0.2, 0) is 16.0 Å². The minimum Gasteiger partial charge on any atom is -0.339 e. The van der Waals surface area contributed by atoms with E-state index < -0.39 is 17.5 Å². The van der Waals surface area contributed by atoms with Gasteiger partial charge in [-0.1, -0.05) is 12.1 Å². The Labute approximate surface area is 167 Å². The summed E-state index contributed by atoms with van der Waals surface area (Å²) in [7, 11) is 0. The normalized spacial score (nSPS) is 24.0. The molecular weight excluding hydrogens is 376 g/mol. The Morgan fingerprint density at radius 1 is 1.38 bits per heavy atom. The zero-order chi connectivity index (χ0) is 20.4. The van der Waals surface area contributed by atoms with Crippen LogP contribution in [0.5, 0.6) is 0 Å². The molecule has 1 aliphatic heterocycles. The molecular formula is C19H22N6O4. The lowest BCUT2D eigenvalue weighted by molar-refractivity contribution is -0.140. The first-order chi connectivity index (χ1) is 14.0. The van der Waals surface area contributed by atoms with Gasteiger partial charge in [-0.15, -0.1) is 0 Å². The third-order valence-electron chi connectivity index (χ3n) is 5.48. The summed E-state index contributed by atoms with van der Waals surface area (Å²) >= 11 is 0. The van der Waals surface area contributed by atoms with Gasteiger partial charge in [-0.3, -0.25) is 20.0 Å². The van der Waals surface area contributed by atoms with Crippen molar-refractivity contribution >= 4 is 17.8 Å². The van der Waals surface area contributed by atoms with Crippen molar-refractivity contribution in [3.8, 4) is 11.4 Å². The summed E-state index contributed by atoms with van der Waals surface area (Å²) in [5.74, 6) is 0.334. The van der Waals surface area contributed by atoms with E-state index in [1.54, 1.807) is 24.5 Å². The first-order valence-corrected chi connectivity index (χ1v) is 9.66. The van der Waals surface area contributed by atoms with Crippen LogP contribution in [0.3, 0.4) is 0 Å². The monoisotopic (exact) mass is 398 g/mol. The second-order valence-electron chi connectivity index (χ2n) is 7.62. The minimum absolute atomic E-state index is 0.00420. The van der Waals surface area contributed by atoms with E-state index in [4.69, 9.17) is 4.52 Å². The van der Waals surface area contributed by atoms with Gasteiger partial charge in [0.1, 0.15) is 5.54 Å². The Balaban J connectivity index is 1.33. The van der Waals surface area contributed by atoms with E-state index in [1.807, 2.05) is 0 Å². The molecule has 2 aromatic rings. The quantitative estimate of drug-likeness (QED) is 0.732. The van der Waals surface area contributed by atoms with Crippen LogP contribution < -0.4 is 10.7 Å². The number of pyridine rings is 1. The van der Waals surface area contributed by atoms with Gasteiger partial charge >= 0.3 is 6.03 Å². The van der Waals surface area contributed by atoms with Gasteiger partial charge in [-0.05, 0) is 43.7 Å². The molecule has 4 amide bonds. The molecule has 0 unspecified atom stereocenters. The molecule has 0 radical (unpaired) electrons. The predicted octanol–water partition coefficient (Wildman–Crippen LogP) is 1.60. The number of aromatic nitrogens is 3. The SMILES string of the molecule is CC1CCC2(CC1)NC(=O)N(NC(=O)CCc1nc(-c3cccnc3)no1)C2=O. The summed E-state index contributed by atoms with van der Waals surface area (Å²) in [5.41, 5.74) is 2.22. The molecule has 3 heterocycles. The highest BCUT2D eigenvalue weighted by Crippen LogP contribution is 2.35. The fourth-order valence-electron chi connectivity index (χ4n) is 3.69. The molecule has 2 aliphatic rings. The van der Waals surface area contributed by atoms with Crippen molar-refractivity contribution in [3.05, 3.63) is 30.4 Å². The number of urea groups is 1. The zero-order valence-corrected chi connectivity index (χ0v) is 16.1. The molecule has 2 fully saturated rings. The molecule has 1 saturated heterocycles. The van der Waals surface area contributed by atoms with Crippen LogP contribution in [0.2, 0.25) is 0 Å². The van der Waals surface area contributed by atoms with E-state index in [9.17, 15) is 14.4 Å². The van der Waals surface area contributed by atoms with Gasteiger partial charge in [0, 0.05) is 30.8 Å². The van der Waals surface area contributed by atoms with Gasteiger partial charge in [0.2, 0.25) is 17.6 Å². The predicted molar refractivity (Wildman–Crippen MR) is 99.7 cm³/mol. The first kappa shape index (κ1) is 19.0. The number of imide groups is 1. The molecule has 0 atom stereocenters. The number of aryl methyl sites for hydroxylation is 1. The van der Waals surface area contributed by atoms with E-state index in [-0.39, 0.29) is 24.6 Å². The second kappa shape index (κ2) is 7.61. The maximum atomic E-state index is 12.8. The van der Waals surface area contributed by atoms with Crippen LogP contribution >= 0.6 is 0 Å². The molecule has 152 valence electrons. The number of amides is 4.